The SMILES string of the molecule is CO[C@@H]1CCN(C(=O)C2CCOCC2)[C@@H]2CN(Cc3ccco3)C[C@@H]21.O=C(O)C(F)(F)F. The van der Waals surface area contributed by atoms with Gasteiger partial charge < -0.3 is 23.9 Å². The predicted molar refractivity (Wildman–Crippen MR) is 106 cm³/mol. The fraction of sp³-hybridized carbons (Fsp3) is 0.714. The molecule has 1 amide bonds. The molecule has 0 aromatic carbocycles. The van der Waals surface area contributed by atoms with Crippen molar-refractivity contribution in [3.8, 4) is 0 Å². The van der Waals surface area contributed by atoms with E-state index in [1.807, 2.05) is 12.1 Å². The normalized spacial score (nSPS) is 26.9. The van der Waals surface area contributed by atoms with E-state index in [1.54, 1.807) is 13.4 Å². The Morgan fingerprint density at radius 2 is 1.91 bits per heavy atom. The molecule has 32 heavy (non-hydrogen) atoms. The monoisotopic (exact) mass is 462 g/mol. The molecule has 0 unspecified atom stereocenters. The van der Waals surface area contributed by atoms with Crippen LogP contribution < -0.4 is 0 Å². The maximum absolute atomic E-state index is 13.1. The van der Waals surface area contributed by atoms with E-state index >= 15 is 0 Å². The van der Waals surface area contributed by atoms with Crippen molar-refractivity contribution in [2.45, 2.75) is 44.1 Å². The third kappa shape index (κ3) is 6.02. The van der Waals surface area contributed by atoms with E-state index in [0.717, 1.165) is 51.2 Å². The van der Waals surface area contributed by atoms with Gasteiger partial charge >= 0.3 is 12.1 Å². The van der Waals surface area contributed by atoms with E-state index in [9.17, 15) is 18.0 Å². The molecule has 0 saturated carbocycles. The number of ether oxygens (including phenoxy) is 2. The van der Waals surface area contributed by atoms with Crippen LogP contribution >= 0.6 is 0 Å². The largest absolute Gasteiger partial charge is 0.490 e. The molecule has 1 aromatic rings. The van der Waals surface area contributed by atoms with Crippen molar-refractivity contribution in [1.29, 1.82) is 0 Å². The standard InChI is InChI=1S/C19H28N2O4.C2HF3O2/c1-23-18-4-7-21(19(22)14-5-9-24-10-6-14)17-13-20(12-16(17)18)11-15-3-2-8-25-15;3-2(4,5)1(6)7/h2-3,8,14,16-18H,4-7,9-13H2,1H3;(H,6,7)/t16-,17+,18+;/m0./s1. The van der Waals surface area contributed by atoms with Crippen LogP contribution in [0.4, 0.5) is 13.2 Å². The first-order chi connectivity index (χ1) is 15.2. The number of hydrogen-bond donors (Lipinski definition) is 1. The molecular formula is C21H29F3N2O6. The number of hydrogen-bond acceptors (Lipinski definition) is 6. The molecule has 3 saturated heterocycles. The second-order valence-corrected chi connectivity index (χ2v) is 8.29. The summed E-state index contributed by atoms with van der Waals surface area (Å²) in [6.45, 7) is 4.90. The number of carbonyl (C=O) groups is 2. The second-order valence-electron chi connectivity index (χ2n) is 8.29. The summed E-state index contributed by atoms with van der Waals surface area (Å²) in [4.78, 5) is 26.6. The number of aliphatic carboxylic acids is 1. The summed E-state index contributed by atoms with van der Waals surface area (Å²) >= 11 is 0. The van der Waals surface area contributed by atoms with Gasteiger partial charge in [-0.25, -0.2) is 4.79 Å². The summed E-state index contributed by atoms with van der Waals surface area (Å²) < 4.78 is 48.4. The van der Waals surface area contributed by atoms with Crippen molar-refractivity contribution < 1.29 is 41.8 Å². The lowest BCUT2D eigenvalue weighted by molar-refractivity contribution is -0.192. The summed E-state index contributed by atoms with van der Waals surface area (Å²) in [5, 5.41) is 7.12. The average Bonchev–Trinajstić information content (AvgIpc) is 3.43. The van der Waals surface area contributed by atoms with Gasteiger partial charge in [-0.15, -0.1) is 0 Å². The highest BCUT2D eigenvalue weighted by molar-refractivity contribution is 5.79. The van der Waals surface area contributed by atoms with Gasteiger partial charge in [0.25, 0.3) is 0 Å². The Labute approximate surface area is 184 Å². The molecule has 0 bridgehead atoms. The third-order valence-corrected chi connectivity index (χ3v) is 6.30. The van der Waals surface area contributed by atoms with Gasteiger partial charge in [0, 0.05) is 51.8 Å². The number of carboxylic acids is 1. The molecule has 3 atom stereocenters. The first-order valence-corrected chi connectivity index (χ1v) is 10.7. The van der Waals surface area contributed by atoms with Gasteiger partial charge in [0.05, 0.1) is 25.0 Å². The van der Waals surface area contributed by atoms with E-state index in [0.29, 0.717) is 25.0 Å². The van der Waals surface area contributed by atoms with E-state index in [2.05, 4.69) is 9.80 Å². The Morgan fingerprint density at radius 1 is 1.22 bits per heavy atom. The predicted octanol–water partition coefficient (Wildman–Crippen LogP) is 2.39. The number of nitrogens with zero attached hydrogens (tertiary/aromatic N) is 2. The zero-order chi connectivity index (χ0) is 23.3. The molecule has 180 valence electrons. The molecule has 0 aliphatic carbocycles. The number of carbonyl (C=O) groups excluding carboxylic acids is 1. The lowest BCUT2D eigenvalue weighted by atomic mass is 9.87. The fourth-order valence-corrected chi connectivity index (χ4v) is 4.73. The number of methoxy groups -OCH3 is 1. The Balaban J connectivity index is 0.000000360. The Bertz CT molecular complexity index is 751. The van der Waals surface area contributed by atoms with Crippen LogP contribution in [-0.4, -0.2) is 85.1 Å². The molecule has 0 radical (unpaired) electrons. The van der Waals surface area contributed by atoms with E-state index in [1.165, 1.54) is 0 Å². The van der Waals surface area contributed by atoms with Gasteiger partial charge in [-0.05, 0) is 31.4 Å². The molecule has 3 fully saturated rings. The molecule has 4 heterocycles. The van der Waals surface area contributed by atoms with Crippen LogP contribution in [-0.2, 0) is 25.6 Å². The summed E-state index contributed by atoms with van der Waals surface area (Å²) in [7, 11) is 1.80. The third-order valence-electron chi connectivity index (χ3n) is 6.30. The van der Waals surface area contributed by atoms with Crippen LogP contribution in [0.5, 0.6) is 0 Å². The number of fused-ring (bicyclic) bond motifs is 1. The van der Waals surface area contributed by atoms with Crippen molar-refractivity contribution in [1.82, 2.24) is 9.80 Å². The van der Waals surface area contributed by atoms with Crippen LogP contribution in [0.3, 0.4) is 0 Å². The number of furan rings is 1. The summed E-state index contributed by atoms with van der Waals surface area (Å²) in [5.74, 6) is -0.930. The van der Waals surface area contributed by atoms with Crippen LogP contribution in [0.15, 0.2) is 22.8 Å². The molecule has 3 aliphatic rings. The van der Waals surface area contributed by atoms with Gasteiger partial charge in [-0.3, -0.25) is 9.69 Å². The molecule has 1 N–H and O–H groups in total. The number of carboxylic acid groups (broad SMARTS) is 1. The average molecular weight is 462 g/mol. The fourth-order valence-electron chi connectivity index (χ4n) is 4.73. The lowest BCUT2D eigenvalue weighted by Gasteiger charge is -2.42. The highest BCUT2D eigenvalue weighted by Gasteiger charge is 2.47. The lowest BCUT2D eigenvalue weighted by Crippen LogP contribution is -2.55. The number of rotatable bonds is 4. The second kappa shape index (κ2) is 10.7. The van der Waals surface area contributed by atoms with Crippen molar-refractivity contribution in [3.05, 3.63) is 24.2 Å². The van der Waals surface area contributed by atoms with Crippen molar-refractivity contribution in [2.24, 2.45) is 11.8 Å². The first kappa shape index (κ1) is 24.5. The maximum Gasteiger partial charge on any atom is 0.490 e. The quantitative estimate of drug-likeness (QED) is 0.735. The highest BCUT2D eigenvalue weighted by Crippen LogP contribution is 2.35. The maximum atomic E-state index is 13.1. The molecule has 4 rings (SSSR count). The van der Waals surface area contributed by atoms with Crippen LogP contribution in [0.2, 0.25) is 0 Å². The molecule has 11 heteroatoms. The molecular weight excluding hydrogens is 433 g/mol. The number of alkyl halides is 3. The summed E-state index contributed by atoms with van der Waals surface area (Å²) in [5.41, 5.74) is 0. The van der Waals surface area contributed by atoms with Crippen molar-refractivity contribution in [2.75, 3.05) is 40.0 Å². The van der Waals surface area contributed by atoms with Crippen LogP contribution in [0.25, 0.3) is 0 Å². The molecule has 3 aliphatic heterocycles. The number of halogens is 3. The van der Waals surface area contributed by atoms with Gasteiger partial charge in [-0.1, -0.05) is 0 Å². The smallest absolute Gasteiger partial charge is 0.475 e. The van der Waals surface area contributed by atoms with Gasteiger partial charge in [0.15, 0.2) is 0 Å². The highest BCUT2D eigenvalue weighted by atomic mass is 19.4. The minimum atomic E-state index is -5.08. The van der Waals surface area contributed by atoms with E-state index in [4.69, 9.17) is 23.8 Å². The number of piperidine rings is 1. The molecule has 8 nitrogen and oxygen atoms in total. The zero-order valence-corrected chi connectivity index (χ0v) is 17.9. The molecule has 0 spiro atoms. The zero-order valence-electron chi connectivity index (χ0n) is 17.9. The summed E-state index contributed by atoms with van der Waals surface area (Å²) in [6, 6.07) is 4.20. The van der Waals surface area contributed by atoms with Crippen LogP contribution in [0.1, 0.15) is 25.0 Å². The number of likely N-dealkylation sites (tertiary alicyclic amines) is 2. The van der Waals surface area contributed by atoms with Crippen LogP contribution in [0, 0.1) is 11.8 Å². The minimum Gasteiger partial charge on any atom is -0.475 e. The van der Waals surface area contributed by atoms with Crippen molar-refractivity contribution >= 4 is 11.9 Å². The first-order valence-electron chi connectivity index (χ1n) is 10.7. The van der Waals surface area contributed by atoms with Crippen molar-refractivity contribution in [3.63, 3.8) is 0 Å². The number of amides is 1. The van der Waals surface area contributed by atoms with Gasteiger partial charge in [0.2, 0.25) is 5.91 Å². The van der Waals surface area contributed by atoms with E-state index < -0.39 is 12.1 Å². The Kier molecular flexibility index (Phi) is 8.18. The minimum absolute atomic E-state index is 0.132. The summed E-state index contributed by atoms with van der Waals surface area (Å²) in [6.07, 6.45) is -0.476. The Hall–Kier alpha value is -2.11. The van der Waals surface area contributed by atoms with E-state index in [-0.39, 0.29) is 18.1 Å². The van der Waals surface area contributed by atoms with Gasteiger partial charge in [-0.2, -0.15) is 13.2 Å². The topological polar surface area (TPSA) is 92.5 Å². The molecule has 1 aromatic heterocycles. The van der Waals surface area contributed by atoms with Gasteiger partial charge in [0.1, 0.15) is 5.76 Å². The Morgan fingerprint density at radius 3 is 2.47 bits per heavy atom.